The normalized spacial score (nSPS) is 11.2. The van der Waals surface area contributed by atoms with Crippen LogP contribution in [0.15, 0.2) is 29.2 Å². The summed E-state index contributed by atoms with van der Waals surface area (Å²) < 4.78 is 25.4. The first-order valence-electron chi connectivity index (χ1n) is 6.74. The molecule has 0 bridgehead atoms. The Balaban J connectivity index is 2.84. The molecule has 1 rings (SSSR count). The fourth-order valence-corrected chi connectivity index (χ4v) is 2.86. The van der Waals surface area contributed by atoms with Gasteiger partial charge in [0.2, 0.25) is 11.8 Å². The third kappa shape index (κ3) is 4.86. The third-order valence-corrected chi connectivity index (χ3v) is 4.52. The topological polar surface area (TPSA) is 92.3 Å². The number of nitrogens with one attached hydrogen (secondary N) is 2. The van der Waals surface area contributed by atoms with Crippen molar-refractivity contribution in [2.24, 2.45) is 5.92 Å². The van der Waals surface area contributed by atoms with Crippen LogP contribution in [0.5, 0.6) is 0 Å². The number of anilines is 1. The molecule has 0 aromatic heterocycles. The minimum absolute atomic E-state index is 0.0294. The second-order valence-electron chi connectivity index (χ2n) is 4.69. The summed E-state index contributed by atoms with van der Waals surface area (Å²) in [6.07, 6.45) is 1.49. The van der Waals surface area contributed by atoms with Crippen LogP contribution in [0.3, 0.4) is 0 Å². The molecule has 1 aromatic carbocycles. The lowest BCUT2D eigenvalue weighted by atomic mass is 10.0. The van der Waals surface area contributed by atoms with Gasteiger partial charge in [0.05, 0.1) is 4.90 Å². The molecule has 0 aliphatic heterocycles. The van der Waals surface area contributed by atoms with Crippen molar-refractivity contribution in [3.05, 3.63) is 24.3 Å². The summed E-state index contributed by atoms with van der Waals surface area (Å²) in [4.78, 5) is 22.7. The molecule has 21 heavy (non-hydrogen) atoms. The van der Waals surface area contributed by atoms with E-state index in [2.05, 4.69) is 5.32 Å². The number of benzene rings is 1. The zero-order valence-electron chi connectivity index (χ0n) is 12.3. The van der Waals surface area contributed by atoms with E-state index in [9.17, 15) is 18.0 Å². The predicted octanol–water partition coefficient (Wildman–Crippen LogP) is 1.89. The molecule has 2 N–H and O–H groups in total. The van der Waals surface area contributed by atoms with E-state index in [0.29, 0.717) is 5.69 Å². The van der Waals surface area contributed by atoms with E-state index in [0.717, 1.165) is 19.8 Å². The number of hydrogen-bond donors (Lipinski definition) is 2. The zero-order chi connectivity index (χ0) is 16.0. The van der Waals surface area contributed by atoms with Crippen molar-refractivity contribution in [1.29, 1.82) is 0 Å². The van der Waals surface area contributed by atoms with Gasteiger partial charge in [-0.1, -0.05) is 13.8 Å². The van der Waals surface area contributed by atoms with Crippen molar-refractivity contribution in [2.45, 2.75) is 38.5 Å². The van der Waals surface area contributed by atoms with Crippen molar-refractivity contribution in [2.75, 3.05) is 5.32 Å². The number of amides is 2. The Morgan fingerprint density at radius 3 is 2.05 bits per heavy atom. The van der Waals surface area contributed by atoms with Crippen molar-refractivity contribution in [3.63, 3.8) is 0 Å². The van der Waals surface area contributed by atoms with Crippen LogP contribution in [0.2, 0.25) is 0 Å². The molecule has 116 valence electrons. The smallest absolute Gasteiger partial charge is 0.264 e. The zero-order valence-corrected chi connectivity index (χ0v) is 13.2. The van der Waals surface area contributed by atoms with Gasteiger partial charge in [0.1, 0.15) is 0 Å². The SMILES string of the molecule is CCC(CC)C(=O)Nc1ccc(S(=O)(=O)NC(C)=O)cc1. The fraction of sp³-hybridized carbons (Fsp3) is 0.429. The molecule has 0 aliphatic carbocycles. The molecule has 0 fully saturated rings. The van der Waals surface area contributed by atoms with E-state index in [1.54, 1.807) is 0 Å². The largest absolute Gasteiger partial charge is 0.326 e. The summed E-state index contributed by atoms with van der Waals surface area (Å²) in [6.45, 7) is 5.01. The van der Waals surface area contributed by atoms with Gasteiger partial charge in [-0.2, -0.15) is 0 Å². The van der Waals surface area contributed by atoms with Gasteiger partial charge in [-0.3, -0.25) is 9.59 Å². The number of carbonyl (C=O) groups is 2. The van der Waals surface area contributed by atoms with Gasteiger partial charge in [-0.05, 0) is 37.1 Å². The second kappa shape index (κ2) is 7.21. The molecule has 0 saturated carbocycles. The Morgan fingerprint density at radius 2 is 1.62 bits per heavy atom. The van der Waals surface area contributed by atoms with Crippen molar-refractivity contribution in [1.82, 2.24) is 4.72 Å². The van der Waals surface area contributed by atoms with Crippen molar-refractivity contribution < 1.29 is 18.0 Å². The van der Waals surface area contributed by atoms with Crippen LogP contribution in [0, 0.1) is 5.92 Å². The van der Waals surface area contributed by atoms with Crippen LogP contribution >= 0.6 is 0 Å². The molecule has 2 amide bonds. The monoisotopic (exact) mass is 312 g/mol. The molecular formula is C14H20N2O4S. The Kier molecular flexibility index (Phi) is 5.90. The number of rotatable bonds is 6. The number of sulfonamides is 1. The lowest BCUT2D eigenvalue weighted by Gasteiger charge is -2.13. The van der Waals surface area contributed by atoms with Gasteiger partial charge in [0, 0.05) is 18.5 Å². The van der Waals surface area contributed by atoms with Gasteiger partial charge in [0.25, 0.3) is 10.0 Å². The van der Waals surface area contributed by atoms with Gasteiger partial charge in [-0.25, -0.2) is 13.1 Å². The quantitative estimate of drug-likeness (QED) is 0.839. The number of carbonyl (C=O) groups excluding carboxylic acids is 2. The maximum atomic E-state index is 11.9. The van der Waals surface area contributed by atoms with E-state index >= 15 is 0 Å². The summed E-state index contributed by atoms with van der Waals surface area (Å²) in [5.74, 6) is -0.800. The lowest BCUT2D eigenvalue weighted by molar-refractivity contribution is -0.120. The first kappa shape index (κ1) is 17.2. The standard InChI is InChI=1S/C14H20N2O4S/c1-4-11(5-2)14(18)15-12-6-8-13(9-7-12)21(19,20)16-10(3)17/h6-9,11H,4-5H2,1-3H3,(H,15,18)(H,16,17). The van der Waals surface area contributed by atoms with Crippen molar-refractivity contribution in [3.8, 4) is 0 Å². The molecule has 6 nitrogen and oxygen atoms in total. The van der Waals surface area contributed by atoms with Crippen LogP contribution in [-0.2, 0) is 19.6 Å². The van der Waals surface area contributed by atoms with Crippen LogP contribution in [-0.4, -0.2) is 20.2 Å². The molecule has 7 heteroatoms. The molecule has 1 aromatic rings. The van der Waals surface area contributed by atoms with Crippen molar-refractivity contribution >= 4 is 27.5 Å². The third-order valence-electron chi connectivity index (χ3n) is 3.07. The molecule has 0 aliphatic rings. The molecule has 0 atom stereocenters. The minimum Gasteiger partial charge on any atom is -0.326 e. The van der Waals surface area contributed by atoms with E-state index in [1.807, 2.05) is 18.6 Å². The summed E-state index contributed by atoms with van der Waals surface area (Å²) >= 11 is 0. The molecule has 0 radical (unpaired) electrons. The van der Waals surface area contributed by atoms with Crippen LogP contribution in [0.4, 0.5) is 5.69 Å². The molecule has 0 heterocycles. The van der Waals surface area contributed by atoms with Gasteiger partial charge < -0.3 is 5.32 Å². The number of hydrogen-bond acceptors (Lipinski definition) is 4. The summed E-state index contributed by atoms with van der Waals surface area (Å²) in [5.41, 5.74) is 0.522. The maximum absolute atomic E-state index is 11.9. The highest BCUT2D eigenvalue weighted by atomic mass is 32.2. The Morgan fingerprint density at radius 1 is 1.10 bits per heavy atom. The lowest BCUT2D eigenvalue weighted by Crippen LogP contribution is -2.28. The van der Waals surface area contributed by atoms with Crippen LogP contribution < -0.4 is 10.0 Å². The fourth-order valence-electron chi connectivity index (χ4n) is 1.87. The molecule has 0 spiro atoms. The summed E-state index contributed by atoms with van der Waals surface area (Å²) in [7, 11) is -3.84. The van der Waals surface area contributed by atoms with Gasteiger partial charge >= 0.3 is 0 Å². The highest BCUT2D eigenvalue weighted by Crippen LogP contribution is 2.16. The first-order valence-corrected chi connectivity index (χ1v) is 8.22. The van der Waals surface area contributed by atoms with E-state index < -0.39 is 15.9 Å². The second-order valence-corrected chi connectivity index (χ2v) is 6.37. The first-order chi connectivity index (χ1) is 9.80. The Labute approximate surface area is 125 Å². The highest BCUT2D eigenvalue weighted by molar-refractivity contribution is 7.90. The molecule has 0 unspecified atom stereocenters. The summed E-state index contributed by atoms with van der Waals surface area (Å²) in [6, 6.07) is 5.67. The van der Waals surface area contributed by atoms with E-state index in [1.165, 1.54) is 24.3 Å². The van der Waals surface area contributed by atoms with E-state index in [-0.39, 0.29) is 16.7 Å². The Bertz CT molecular complexity index is 604. The van der Waals surface area contributed by atoms with Crippen LogP contribution in [0.25, 0.3) is 0 Å². The summed E-state index contributed by atoms with van der Waals surface area (Å²) in [5, 5.41) is 2.74. The molecule has 0 saturated heterocycles. The highest BCUT2D eigenvalue weighted by Gasteiger charge is 2.17. The predicted molar refractivity (Wildman–Crippen MR) is 80.1 cm³/mol. The van der Waals surface area contributed by atoms with Crippen LogP contribution in [0.1, 0.15) is 33.6 Å². The maximum Gasteiger partial charge on any atom is 0.264 e. The Hall–Kier alpha value is -1.89. The minimum atomic E-state index is -3.84. The average molecular weight is 312 g/mol. The van der Waals surface area contributed by atoms with Gasteiger partial charge in [-0.15, -0.1) is 0 Å². The van der Waals surface area contributed by atoms with Gasteiger partial charge in [0.15, 0.2) is 0 Å². The molecular weight excluding hydrogens is 292 g/mol. The van der Waals surface area contributed by atoms with E-state index in [4.69, 9.17) is 0 Å². The average Bonchev–Trinajstić information content (AvgIpc) is 2.39.